The summed E-state index contributed by atoms with van der Waals surface area (Å²) in [7, 11) is 0. The standard InChI is InChI=1S/C9H15NO5/c1-3-14-7(12)5-6(11)8(10)9(13)15-4-2/h8H,3-5,10H2,1-2H3. The van der Waals surface area contributed by atoms with Crippen molar-refractivity contribution < 1.29 is 23.9 Å². The molecular formula is C9H15NO5. The van der Waals surface area contributed by atoms with Gasteiger partial charge in [0.2, 0.25) is 0 Å². The predicted molar refractivity (Wildman–Crippen MR) is 50.9 cm³/mol. The van der Waals surface area contributed by atoms with Crippen molar-refractivity contribution in [2.24, 2.45) is 5.73 Å². The Balaban J connectivity index is 4.09. The zero-order valence-electron chi connectivity index (χ0n) is 8.82. The van der Waals surface area contributed by atoms with Gasteiger partial charge in [0.15, 0.2) is 11.8 Å². The fourth-order valence-corrected chi connectivity index (χ4v) is 0.828. The van der Waals surface area contributed by atoms with Gasteiger partial charge < -0.3 is 15.2 Å². The van der Waals surface area contributed by atoms with Gasteiger partial charge >= 0.3 is 11.9 Å². The highest BCUT2D eigenvalue weighted by molar-refractivity contribution is 6.08. The summed E-state index contributed by atoms with van der Waals surface area (Å²) in [5.74, 6) is -2.22. The molecule has 1 unspecified atom stereocenters. The van der Waals surface area contributed by atoms with Gasteiger partial charge in [-0.3, -0.25) is 9.59 Å². The van der Waals surface area contributed by atoms with Crippen LogP contribution in [0, 0.1) is 0 Å². The van der Waals surface area contributed by atoms with E-state index < -0.39 is 30.2 Å². The van der Waals surface area contributed by atoms with Crippen LogP contribution in [0.4, 0.5) is 0 Å². The molecule has 0 saturated heterocycles. The summed E-state index contributed by atoms with van der Waals surface area (Å²) in [6.45, 7) is 3.54. The fraction of sp³-hybridized carbons (Fsp3) is 0.667. The molecule has 0 fully saturated rings. The van der Waals surface area contributed by atoms with E-state index in [2.05, 4.69) is 9.47 Å². The molecule has 0 radical (unpaired) electrons. The largest absolute Gasteiger partial charge is 0.466 e. The minimum absolute atomic E-state index is 0.138. The van der Waals surface area contributed by atoms with Crippen LogP contribution < -0.4 is 5.73 Å². The molecule has 0 aliphatic rings. The minimum atomic E-state index is -1.41. The zero-order chi connectivity index (χ0) is 11.8. The van der Waals surface area contributed by atoms with E-state index in [4.69, 9.17) is 5.73 Å². The number of ether oxygens (including phenoxy) is 2. The third-order valence-electron chi connectivity index (χ3n) is 1.51. The normalized spacial score (nSPS) is 11.7. The number of hydrogen-bond acceptors (Lipinski definition) is 6. The molecule has 0 bridgehead atoms. The van der Waals surface area contributed by atoms with E-state index in [9.17, 15) is 14.4 Å². The van der Waals surface area contributed by atoms with Crippen LogP contribution in [-0.4, -0.2) is 37.0 Å². The summed E-state index contributed by atoms with van der Waals surface area (Å²) in [6, 6.07) is -1.41. The van der Waals surface area contributed by atoms with Crippen molar-refractivity contribution in [3.05, 3.63) is 0 Å². The predicted octanol–water partition coefficient (Wildman–Crippen LogP) is -0.601. The van der Waals surface area contributed by atoms with E-state index in [-0.39, 0.29) is 13.2 Å². The van der Waals surface area contributed by atoms with Crippen LogP contribution in [0.15, 0.2) is 0 Å². The molecule has 0 amide bonds. The van der Waals surface area contributed by atoms with Crippen LogP contribution in [0.5, 0.6) is 0 Å². The number of rotatable bonds is 6. The average molecular weight is 217 g/mol. The number of carbonyl (C=O) groups excluding carboxylic acids is 3. The van der Waals surface area contributed by atoms with E-state index in [1.807, 2.05) is 0 Å². The lowest BCUT2D eigenvalue weighted by atomic mass is 10.1. The van der Waals surface area contributed by atoms with Gasteiger partial charge in [0.05, 0.1) is 13.2 Å². The SMILES string of the molecule is CCOC(=O)CC(=O)C(N)C(=O)OCC. The molecule has 0 aromatic rings. The van der Waals surface area contributed by atoms with Crippen LogP contribution in [0.2, 0.25) is 0 Å². The highest BCUT2D eigenvalue weighted by Crippen LogP contribution is 1.95. The molecule has 2 N–H and O–H groups in total. The van der Waals surface area contributed by atoms with Crippen molar-refractivity contribution in [2.75, 3.05) is 13.2 Å². The Morgan fingerprint density at radius 2 is 1.67 bits per heavy atom. The lowest BCUT2D eigenvalue weighted by molar-refractivity contribution is -0.150. The van der Waals surface area contributed by atoms with E-state index in [0.29, 0.717) is 0 Å². The van der Waals surface area contributed by atoms with Crippen LogP contribution in [-0.2, 0) is 23.9 Å². The van der Waals surface area contributed by atoms with Gasteiger partial charge in [-0.15, -0.1) is 0 Å². The first-order chi connectivity index (χ1) is 7.02. The number of carbonyl (C=O) groups is 3. The lowest BCUT2D eigenvalue weighted by Crippen LogP contribution is -2.41. The molecule has 0 aromatic heterocycles. The van der Waals surface area contributed by atoms with Crippen LogP contribution in [0.3, 0.4) is 0 Å². The van der Waals surface area contributed by atoms with E-state index >= 15 is 0 Å². The second-order valence-electron chi connectivity index (χ2n) is 2.68. The first-order valence-corrected chi connectivity index (χ1v) is 4.63. The average Bonchev–Trinajstić information content (AvgIpc) is 2.17. The smallest absolute Gasteiger partial charge is 0.330 e. The molecule has 0 heterocycles. The van der Waals surface area contributed by atoms with Crippen LogP contribution in [0.1, 0.15) is 20.3 Å². The quantitative estimate of drug-likeness (QED) is 0.471. The molecule has 0 rings (SSSR count). The van der Waals surface area contributed by atoms with Gasteiger partial charge in [0.1, 0.15) is 6.42 Å². The summed E-state index contributed by atoms with van der Waals surface area (Å²) in [4.78, 5) is 33.1. The number of nitrogens with two attached hydrogens (primary N) is 1. The zero-order valence-corrected chi connectivity index (χ0v) is 8.82. The molecule has 0 aliphatic carbocycles. The molecule has 0 spiro atoms. The second kappa shape index (κ2) is 6.94. The fourth-order valence-electron chi connectivity index (χ4n) is 0.828. The molecular weight excluding hydrogens is 202 g/mol. The van der Waals surface area contributed by atoms with Crippen molar-refractivity contribution in [1.29, 1.82) is 0 Å². The number of ketones is 1. The third-order valence-corrected chi connectivity index (χ3v) is 1.51. The second-order valence-corrected chi connectivity index (χ2v) is 2.68. The molecule has 1 atom stereocenters. The van der Waals surface area contributed by atoms with Gasteiger partial charge in [-0.05, 0) is 13.8 Å². The Hall–Kier alpha value is -1.43. The summed E-state index contributed by atoms with van der Waals surface area (Å²) < 4.78 is 9.06. The molecule has 15 heavy (non-hydrogen) atoms. The summed E-state index contributed by atoms with van der Waals surface area (Å²) in [6.07, 6.45) is -0.506. The Morgan fingerprint density at radius 1 is 1.13 bits per heavy atom. The Bertz CT molecular complexity index is 251. The maximum Gasteiger partial charge on any atom is 0.330 e. The summed E-state index contributed by atoms with van der Waals surface area (Å²) in [5, 5.41) is 0. The Labute approximate surface area is 87.7 Å². The highest BCUT2D eigenvalue weighted by atomic mass is 16.5. The number of esters is 2. The number of hydrogen-bond donors (Lipinski definition) is 1. The molecule has 0 aliphatic heterocycles. The maximum atomic E-state index is 11.2. The highest BCUT2D eigenvalue weighted by Gasteiger charge is 2.25. The van der Waals surface area contributed by atoms with E-state index in [1.165, 1.54) is 0 Å². The third kappa shape index (κ3) is 5.11. The van der Waals surface area contributed by atoms with Crippen molar-refractivity contribution in [1.82, 2.24) is 0 Å². The summed E-state index contributed by atoms with van der Waals surface area (Å²) >= 11 is 0. The van der Waals surface area contributed by atoms with Gasteiger partial charge in [-0.2, -0.15) is 0 Å². The molecule has 6 heteroatoms. The first kappa shape index (κ1) is 13.6. The van der Waals surface area contributed by atoms with Gasteiger partial charge in [-0.25, -0.2) is 4.79 Å². The molecule has 86 valence electrons. The van der Waals surface area contributed by atoms with Crippen molar-refractivity contribution in [3.63, 3.8) is 0 Å². The minimum Gasteiger partial charge on any atom is -0.466 e. The van der Waals surface area contributed by atoms with Crippen molar-refractivity contribution in [2.45, 2.75) is 26.3 Å². The molecule has 0 saturated carbocycles. The molecule has 6 nitrogen and oxygen atoms in total. The van der Waals surface area contributed by atoms with Crippen molar-refractivity contribution >= 4 is 17.7 Å². The van der Waals surface area contributed by atoms with Gasteiger partial charge in [-0.1, -0.05) is 0 Å². The van der Waals surface area contributed by atoms with E-state index in [1.54, 1.807) is 13.8 Å². The van der Waals surface area contributed by atoms with Crippen molar-refractivity contribution in [3.8, 4) is 0 Å². The van der Waals surface area contributed by atoms with Crippen LogP contribution in [0.25, 0.3) is 0 Å². The Morgan fingerprint density at radius 3 is 2.13 bits per heavy atom. The molecule has 0 aromatic carbocycles. The monoisotopic (exact) mass is 217 g/mol. The topological polar surface area (TPSA) is 95.7 Å². The maximum absolute atomic E-state index is 11.2. The van der Waals surface area contributed by atoms with E-state index in [0.717, 1.165) is 0 Å². The lowest BCUT2D eigenvalue weighted by Gasteiger charge is -2.08. The Kier molecular flexibility index (Phi) is 6.28. The first-order valence-electron chi connectivity index (χ1n) is 4.63. The summed E-state index contributed by atoms with van der Waals surface area (Å²) in [5.41, 5.74) is 5.26. The van der Waals surface area contributed by atoms with Gasteiger partial charge in [0.25, 0.3) is 0 Å². The number of Topliss-reactive ketones (excluding diaryl/α,β-unsaturated/α-hetero) is 1. The van der Waals surface area contributed by atoms with Gasteiger partial charge in [0, 0.05) is 0 Å². The van der Waals surface area contributed by atoms with Crippen LogP contribution >= 0.6 is 0 Å².